The zero-order valence-corrected chi connectivity index (χ0v) is 18.4. The van der Waals surface area contributed by atoms with E-state index >= 15 is 0 Å². The van der Waals surface area contributed by atoms with Crippen molar-refractivity contribution in [2.24, 2.45) is 0 Å². The highest BCUT2D eigenvalue weighted by Gasteiger charge is 2.37. The van der Waals surface area contributed by atoms with Crippen LogP contribution in [0, 0.1) is 12.7 Å². The van der Waals surface area contributed by atoms with Crippen molar-refractivity contribution in [3.8, 4) is 0 Å². The van der Waals surface area contributed by atoms with Crippen LogP contribution in [0.25, 0.3) is 0 Å². The Bertz CT molecular complexity index is 1020. The van der Waals surface area contributed by atoms with E-state index in [2.05, 4.69) is 10.1 Å². The third-order valence-electron chi connectivity index (χ3n) is 5.29. The second-order valence-corrected chi connectivity index (χ2v) is 9.79. The molecule has 1 saturated heterocycles. The number of benzene rings is 1. The van der Waals surface area contributed by atoms with Crippen molar-refractivity contribution >= 4 is 15.9 Å². The summed E-state index contributed by atoms with van der Waals surface area (Å²) in [5.41, 5.74) is 0.487. The van der Waals surface area contributed by atoms with Gasteiger partial charge >= 0.3 is 0 Å². The Hall–Kier alpha value is -2.33. The van der Waals surface area contributed by atoms with Gasteiger partial charge in [-0.1, -0.05) is 25.1 Å². The van der Waals surface area contributed by atoms with Gasteiger partial charge < -0.3 is 9.42 Å². The minimum atomic E-state index is -3.84. The fourth-order valence-corrected chi connectivity index (χ4v) is 5.32. The van der Waals surface area contributed by atoms with Gasteiger partial charge in [-0.15, -0.1) is 0 Å². The lowest BCUT2D eigenvalue weighted by Crippen LogP contribution is -2.42. The molecule has 1 amide bonds. The van der Waals surface area contributed by atoms with Gasteiger partial charge in [0.25, 0.3) is 0 Å². The summed E-state index contributed by atoms with van der Waals surface area (Å²) in [6.07, 6.45) is 0.929. The number of nitrogens with zero attached hydrogens (tertiary/aromatic N) is 4. The number of aryl methyl sites for hydroxylation is 1. The van der Waals surface area contributed by atoms with E-state index in [1.54, 1.807) is 11.8 Å². The predicted octanol–water partition coefficient (Wildman–Crippen LogP) is 2.49. The van der Waals surface area contributed by atoms with Crippen molar-refractivity contribution in [2.45, 2.75) is 57.4 Å². The molecule has 1 atom stereocenters. The largest absolute Gasteiger partial charge is 0.339 e. The molecule has 0 saturated carbocycles. The number of carbonyl (C=O) groups is 1. The van der Waals surface area contributed by atoms with E-state index in [1.165, 1.54) is 23.4 Å². The highest BCUT2D eigenvalue weighted by molar-refractivity contribution is 7.89. The summed E-state index contributed by atoms with van der Waals surface area (Å²) in [5.74, 6) is 0.441. The highest BCUT2D eigenvalue weighted by Crippen LogP contribution is 2.26. The predicted molar refractivity (Wildman–Crippen MR) is 108 cm³/mol. The summed E-state index contributed by atoms with van der Waals surface area (Å²) in [6.45, 7) is 7.81. The topological polar surface area (TPSA) is 96.6 Å². The van der Waals surface area contributed by atoms with Gasteiger partial charge in [0.1, 0.15) is 5.82 Å². The van der Waals surface area contributed by atoms with Gasteiger partial charge in [-0.25, -0.2) is 12.8 Å². The van der Waals surface area contributed by atoms with Crippen molar-refractivity contribution in [2.75, 3.05) is 19.6 Å². The maximum absolute atomic E-state index is 13.6. The summed E-state index contributed by atoms with van der Waals surface area (Å²) in [6, 6.07) is 3.47. The first-order chi connectivity index (χ1) is 14.1. The minimum absolute atomic E-state index is 0.0365. The lowest BCUT2D eigenvalue weighted by Gasteiger charge is -2.27. The molecule has 30 heavy (non-hydrogen) atoms. The van der Waals surface area contributed by atoms with Gasteiger partial charge in [-0.3, -0.25) is 4.79 Å². The van der Waals surface area contributed by atoms with Crippen LogP contribution in [-0.4, -0.2) is 59.3 Å². The van der Waals surface area contributed by atoms with Crippen molar-refractivity contribution < 1.29 is 22.1 Å². The minimum Gasteiger partial charge on any atom is -0.339 e. The van der Waals surface area contributed by atoms with Crippen LogP contribution in [0.5, 0.6) is 0 Å². The second-order valence-electron chi connectivity index (χ2n) is 7.88. The molecule has 1 aliphatic rings. The fraction of sp³-hybridized carbons (Fsp3) is 0.550. The first-order valence-corrected chi connectivity index (χ1v) is 11.4. The van der Waals surface area contributed by atoms with Crippen LogP contribution in [0.3, 0.4) is 0 Å². The summed E-state index contributed by atoms with van der Waals surface area (Å²) < 4.78 is 46.2. The van der Waals surface area contributed by atoms with Gasteiger partial charge in [0.05, 0.1) is 4.90 Å². The summed E-state index contributed by atoms with van der Waals surface area (Å²) in [4.78, 5) is 18.2. The normalized spacial score (nSPS) is 17.6. The molecule has 1 unspecified atom stereocenters. The summed E-state index contributed by atoms with van der Waals surface area (Å²) >= 11 is 0. The number of aromatic nitrogens is 2. The number of rotatable bonds is 7. The average molecular weight is 439 g/mol. The van der Waals surface area contributed by atoms with Crippen molar-refractivity contribution in [1.82, 2.24) is 19.3 Å². The molecule has 0 spiro atoms. The molecular formula is C20H27FN4O4S. The molecule has 1 fully saturated rings. The molecule has 3 rings (SSSR count). The van der Waals surface area contributed by atoms with Crippen LogP contribution in [0.4, 0.5) is 4.39 Å². The lowest BCUT2D eigenvalue weighted by atomic mass is 10.2. The molecule has 1 aromatic carbocycles. The molecule has 164 valence electrons. The van der Waals surface area contributed by atoms with E-state index in [1.807, 2.05) is 13.8 Å². The molecular weight excluding hydrogens is 411 g/mol. The Morgan fingerprint density at radius 2 is 2.13 bits per heavy atom. The van der Waals surface area contributed by atoms with E-state index in [0.29, 0.717) is 36.7 Å². The maximum Gasteiger partial charge on any atom is 0.243 e. The van der Waals surface area contributed by atoms with E-state index < -0.39 is 15.8 Å². The van der Waals surface area contributed by atoms with Crippen LogP contribution < -0.4 is 0 Å². The van der Waals surface area contributed by atoms with Crippen LogP contribution in [0.2, 0.25) is 0 Å². The van der Waals surface area contributed by atoms with E-state index in [-0.39, 0.29) is 35.9 Å². The molecule has 0 bridgehead atoms. The monoisotopic (exact) mass is 438 g/mol. The number of carbonyl (C=O) groups excluding carboxylic acids is 1. The third-order valence-corrected chi connectivity index (χ3v) is 7.30. The molecule has 10 heteroatoms. The van der Waals surface area contributed by atoms with Crippen LogP contribution in [0.1, 0.15) is 50.4 Å². The average Bonchev–Trinajstić information content (AvgIpc) is 3.34. The Kier molecular flexibility index (Phi) is 6.56. The molecule has 8 nitrogen and oxygen atoms in total. The van der Waals surface area contributed by atoms with Crippen LogP contribution in [-0.2, 0) is 21.2 Å². The molecule has 1 aromatic heterocycles. The Balaban J connectivity index is 1.70. The summed E-state index contributed by atoms with van der Waals surface area (Å²) in [7, 11) is -3.84. The number of sulfonamides is 1. The third kappa shape index (κ3) is 4.70. The van der Waals surface area contributed by atoms with Crippen LogP contribution >= 0.6 is 0 Å². The van der Waals surface area contributed by atoms with Gasteiger partial charge in [0, 0.05) is 44.9 Å². The first-order valence-electron chi connectivity index (χ1n) is 9.95. The SMILES string of the molecule is CC(=O)N(CCc1noc(C(C)C)n1)C1CCN(S(=O)(=O)c2cc(F)ccc2C)C1. The standard InChI is InChI=1S/C20H27FN4O4S/c1-13(2)20-22-19(23-29-20)8-10-25(15(4)26)17-7-9-24(12-17)30(27,28)18-11-16(21)6-5-14(18)3/h5-6,11,13,17H,7-10,12H2,1-4H3. The number of halogens is 1. The molecule has 2 aromatic rings. The molecule has 1 aliphatic heterocycles. The summed E-state index contributed by atoms with van der Waals surface area (Å²) in [5, 5.41) is 3.94. The highest BCUT2D eigenvalue weighted by atomic mass is 32.2. The zero-order valence-electron chi connectivity index (χ0n) is 17.6. The number of hydrogen-bond acceptors (Lipinski definition) is 6. The second kappa shape index (κ2) is 8.81. The van der Waals surface area contributed by atoms with E-state index in [0.717, 1.165) is 6.07 Å². The van der Waals surface area contributed by atoms with Crippen molar-refractivity contribution in [3.05, 3.63) is 41.3 Å². The van der Waals surface area contributed by atoms with Crippen LogP contribution in [0.15, 0.2) is 27.6 Å². The Morgan fingerprint density at radius 3 is 2.77 bits per heavy atom. The van der Waals surface area contributed by atoms with Crippen molar-refractivity contribution in [3.63, 3.8) is 0 Å². The fourth-order valence-electron chi connectivity index (χ4n) is 3.60. The Labute approximate surface area is 176 Å². The first kappa shape index (κ1) is 22.4. The van der Waals surface area contributed by atoms with Gasteiger partial charge in [-0.2, -0.15) is 9.29 Å². The molecule has 0 aliphatic carbocycles. The number of hydrogen-bond donors (Lipinski definition) is 0. The van der Waals surface area contributed by atoms with Crippen molar-refractivity contribution in [1.29, 1.82) is 0 Å². The van der Waals surface area contributed by atoms with Gasteiger partial charge in [0.15, 0.2) is 5.82 Å². The smallest absolute Gasteiger partial charge is 0.243 e. The lowest BCUT2D eigenvalue weighted by molar-refractivity contribution is -0.130. The number of amides is 1. The molecule has 0 radical (unpaired) electrons. The van der Waals surface area contributed by atoms with E-state index in [4.69, 9.17) is 4.52 Å². The quantitative estimate of drug-likeness (QED) is 0.659. The van der Waals surface area contributed by atoms with Gasteiger partial charge in [-0.05, 0) is 31.0 Å². The zero-order chi connectivity index (χ0) is 22.1. The van der Waals surface area contributed by atoms with E-state index in [9.17, 15) is 17.6 Å². The Morgan fingerprint density at radius 1 is 1.40 bits per heavy atom. The van der Waals surface area contributed by atoms with Gasteiger partial charge in [0.2, 0.25) is 21.8 Å². The molecule has 2 heterocycles. The maximum atomic E-state index is 13.6. The molecule has 0 N–H and O–H groups in total.